The summed E-state index contributed by atoms with van der Waals surface area (Å²) in [6, 6.07) is 7.13. The van der Waals surface area contributed by atoms with E-state index in [1.165, 1.54) is 7.11 Å². The Labute approximate surface area is 157 Å². The van der Waals surface area contributed by atoms with Gasteiger partial charge in [-0.1, -0.05) is 0 Å². The highest BCUT2D eigenvalue weighted by atomic mass is 16.5. The zero-order valence-corrected chi connectivity index (χ0v) is 15.9. The van der Waals surface area contributed by atoms with E-state index in [0.717, 1.165) is 22.4 Å². The Balaban J connectivity index is 2.18. The smallest absolute Gasteiger partial charge is 0.262 e. The Morgan fingerprint density at radius 1 is 1.07 bits per heavy atom. The van der Waals surface area contributed by atoms with Gasteiger partial charge in [0, 0.05) is 24.2 Å². The third-order valence-corrected chi connectivity index (χ3v) is 4.57. The van der Waals surface area contributed by atoms with Crippen LogP contribution in [0.15, 0.2) is 29.1 Å². The predicted molar refractivity (Wildman–Crippen MR) is 105 cm³/mol. The summed E-state index contributed by atoms with van der Waals surface area (Å²) in [6.45, 7) is 4.83. The molecule has 27 heavy (non-hydrogen) atoms. The van der Waals surface area contributed by atoms with E-state index in [-0.39, 0.29) is 5.56 Å². The van der Waals surface area contributed by atoms with Crippen LogP contribution in [0.3, 0.4) is 0 Å². The molecule has 0 aliphatic carbocycles. The van der Waals surface area contributed by atoms with Crippen molar-refractivity contribution in [2.45, 2.75) is 13.8 Å². The first-order valence-electron chi connectivity index (χ1n) is 8.59. The second-order valence-corrected chi connectivity index (χ2v) is 6.14. The largest absolute Gasteiger partial charge is 0.497 e. The molecule has 7 nitrogen and oxygen atoms in total. The van der Waals surface area contributed by atoms with Crippen molar-refractivity contribution in [1.82, 2.24) is 9.97 Å². The molecule has 0 amide bonds. The molecule has 0 unspecified atom stereocenters. The van der Waals surface area contributed by atoms with Gasteiger partial charge in [-0.05, 0) is 37.1 Å². The quantitative estimate of drug-likeness (QED) is 0.693. The summed E-state index contributed by atoms with van der Waals surface area (Å²) in [5.74, 6) is 2.24. The van der Waals surface area contributed by atoms with Crippen molar-refractivity contribution < 1.29 is 14.2 Å². The summed E-state index contributed by atoms with van der Waals surface area (Å²) in [5, 5.41) is 0.388. The SMILES string of the molecule is COc1cc(OC)c2c(=O)[nH]c(-c3ccc(OCCN)c(C)c3C)nc2c1. The molecule has 0 aliphatic rings. The fraction of sp³-hybridized carbons (Fsp3) is 0.300. The molecule has 3 rings (SSSR count). The van der Waals surface area contributed by atoms with Gasteiger partial charge in [0.15, 0.2) is 0 Å². The third-order valence-electron chi connectivity index (χ3n) is 4.57. The number of aromatic amines is 1. The van der Waals surface area contributed by atoms with Gasteiger partial charge in [-0.15, -0.1) is 0 Å². The molecule has 0 aliphatic heterocycles. The molecule has 0 saturated carbocycles. The summed E-state index contributed by atoms with van der Waals surface area (Å²) < 4.78 is 16.3. The monoisotopic (exact) mass is 369 g/mol. The molecule has 0 radical (unpaired) electrons. The van der Waals surface area contributed by atoms with Gasteiger partial charge in [-0.2, -0.15) is 0 Å². The van der Waals surface area contributed by atoms with Crippen molar-refractivity contribution >= 4 is 10.9 Å². The number of fused-ring (bicyclic) bond motifs is 1. The van der Waals surface area contributed by atoms with Gasteiger partial charge < -0.3 is 24.9 Å². The van der Waals surface area contributed by atoms with Crippen LogP contribution in [0, 0.1) is 13.8 Å². The zero-order valence-electron chi connectivity index (χ0n) is 15.9. The number of nitrogens with one attached hydrogen (secondary N) is 1. The zero-order chi connectivity index (χ0) is 19.6. The van der Waals surface area contributed by atoms with Gasteiger partial charge in [0.25, 0.3) is 5.56 Å². The van der Waals surface area contributed by atoms with Gasteiger partial charge in [0.1, 0.15) is 35.1 Å². The van der Waals surface area contributed by atoms with E-state index in [9.17, 15) is 4.79 Å². The summed E-state index contributed by atoms with van der Waals surface area (Å²) in [5.41, 5.74) is 8.52. The number of ether oxygens (including phenoxy) is 3. The minimum atomic E-state index is -0.269. The third kappa shape index (κ3) is 3.46. The molecule has 1 heterocycles. The highest BCUT2D eigenvalue weighted by Crippen LogP contribution is 2.32. The Hall–Kier alpha value is -3.06. The number of aromatic nitrogens is 2. The molecule has 0 fully saturated rings. The minimum Gasteiger partial charge on any atom is -0.497 e. The van der Waals surface area contributed by atoms with E-state index in [1.807, 2.05) is 26.0 Å². The summed E-state index contributed by atoms with van der Waals surface area (Å²) in [4.78, 5) is 20.2. The molecule has 3 aromatic rings. The van der Waals surface area contributed by atoms with E-state index in [1.54, 1.807) is 19.2 Å². The second-order valence-electron chi connectivity index (χ2n) is 6.14. The summed E-state index contributed by atoms with van der Waals surface area (Å²) >= 11 is 0. The topological polar surface area (TPSA) is 99.5 Å². The highest BCUT2D eigenvalue weighted by molar-refractivity contribution is 5.87. The Morgan fingerprint density at radius 3 is 2.52 bits per heavy atom. The Bertz CT molecular complexity index is 1040. The number of hydrogen-bond acceptors (Lipinski definition) is 6. The molecule has 7 heteroatoms. The first-order chi connectivity index (χ1) is 13.0. The van der Waals surface area contributed by atoms with Crippen LogP contribution in [0.1, 0.15) is 11.1 Å². The van der Waals surface area contributed by atoms with E-state index in [4.69, 9.17) is 19.9 Å². The van der Waals surface area contributed by atoms with Crippen molar-refractivity contribution in [2.75, 3.05) is 27.4 Å². The lowest BCUT2D eigenvalue weighted by Crippen LogP contribution is -2.13. The number of rotatable bonds is 6. The number of H-pyrrole nitrogens is 1. The number of hydrogen-bond donors (Lipinski definition) is 2. The van der Waals surface area contributed by atoms with E-state index < -0.39 is 0 Å². The van der Waals surface area contributed by atoms with E-state index in [0.29, 0.717) is 41.4 Å². The van der Waals surface area contributed by atoms with Crippen LogP contribution in [0.2, 0.25) is 0 Å². The number of nitrogens with zero attached hydrogens (tertiary/aromatic N) is 1. The van der Waals surface area contributed by atoms with Crippen molar-refractivity contribution in [1.29, 1.82) is 0 Å². The average molecular weight is 369 g/mol. The Kier molecular flexibility index (Phi) is 5.32. The van der Waals surface area contributed by atoms with Crippen LogP contribution >= 0.6 is 0 Å². The maximum absolute atomic E-state index is 12.7. The van der Waals surface area contributed by atoms with Crippen molar-refractivity contribution in [3.8, 4) is 28.6 Å². The van der Waals surface area contributed by atoms with Gasteiger partial charge in [0.05, 0.1) is 19.7 Å². The molecular weight excluding hydrogens is 346 g/mol. The molecule has 0 saturated heterocycles. The summed E-state index contributed by atoms with van der Waals surface area (Å²) in [6.07, 6.45) is 0. The molecule has 3 N–H and O–H groups in total. The lowest BCUT2D eigenvalue weighted by molar-refractivity contribution is 0.326. The second kappa shape index (κ2) is 7.67. The molecule has 0 spiro atoms. The van der Waals surface area contributed by atoms with E-state index >= 15 is 0 Å². The number of methoxy groups -OCH3 is 2. The lowest BCUT2D eigenvalue weighted by Gasteiger charge is -2.14. The van der Waals surface area contributed by atoms with Crippen LogP contribution in [-0.2, 0) is 0 Å². The first kappa shape index (κ1) is 18.7. The Morgan fingerprint density at radius 2 is 1.85 bits per heavy atom. The standard InChI is InChI=1S/C20H23N3O4/c1-11-12(2)16(27-8-7-21)6-5-14(11)19-22-15-9-13(25-3)10-17(26-4)18(15)20(24)23-19/h5-6,9-10H,7-8,21H2,1-4H3,(H,22,23,24). The van der Waals surface area contributed by atoms with Gasteiger partial charge in [-0.3, -0.25) is 4.79 Å². The molecular formula is C20H23N3O4. The highest BCUT2D eigenvalue weighted by Gasteiger charge is 2.15. The maximum atomic E-state index is 12.7. The van der Waals surface area contributed by atoms with Crippen LogP contribution in [0.25, 0.3) is 22.3 Å². The first-order valence-corrected chi connectivity index (χ1v) is 8.59. The van der Waals surface area contributed by atoms with Crippen molar-refractivity contribution in [3.05, 3.63) is 45.7 Å². The fourth-order valence-electron chi connectivity index (χ4n) is 3.00. The molecule has 0 bridgehead atoms. The van der Waals surface area contributed by atoms with Crippen LogP contribution in [-0.4, -0.2) is 37.3 Å². The molecule has 2 aromatic carbocycles. The number of nitrogens with two attached hydrogens (primary N) is 1. The van der Waals surface area contributed by atoms with Gasteiger partial charge in [0.2, 0.25) is 0 Å². The van der Waals surface area contributed by atoms with Crippen LogP contribution in [0.4, 0.5) is 0 Å². The maximum Gasteiger partial charge on any atom is 0.262 e. The minimum absolute atomic E-state index is 0.269. The lowest BCUT2D eigenvalue weighted by atomic mass is 10.0. The van der Waals surface area contributed by atoms with E-state index in [2.05, 4.69) is 9.97 Å². The fourth-order valence-corrected chi connectivity index (χ4v) is 3.00. The summed E-state index contributed by atoms with van der Waals surface area (Å²) in [7, 11) is 3.07. The van der Waals surface area contributed by atoms with Crippen molar-refractivity contribution in [2.24, 2.45) is 5.73 Å². The van der Waals surface area contributed by atoms with Gasteiger partial charge >= 0.3 is 0 Å². The molecule has 0 atom stereocenters. The van der Waals surface area contributed by atoms with Gasteiger partial charge in [-0.25, -0.2) is 4.98 Å². The van der Waals surface area contributed by atoms with Crippen LogP contribution in [0.5, 0.6) is 17.2 Å². The normalized spacial score (nSPS) is 10.9. The van der Waals surface area contributed by atoms with Crippen LogP contribution < -0.4 is 25.5 Å². The molecule has 142 valence electrons. The number of benzene rings is 2. The molecule has 1 aromatic heterocycles. The average Bonchev–Trinajstić information content (AvgIpc) is 2.67. The van der Waals surface area contributed by atoms with Crippen molar-refractivity contribution in [3.63, 3.8) is 0 Å². The predicted octanol–water partition coefficient (Wildman–Crippen LogP) is 2.56.